The maximum atomic E-state index is 12.2. The highest BCUT2D eigenvalue weighted by Crippen LogP contribution is 2.32. The second kappa shape index (κ2) is 9.25. The Morgan fingerprint density at radius 3 is 2.50 bits per heavy atom. The molecule has 0 bridgehead atoms. The van der Waals surface area contributed by atoms with Crippen LogP contribution < -0.4 is 19.7 Å². The number of nitrogens with zero attached hydrogens (tertiary/aromatic N) is 2. The van der Waals surface area contributed by atoms with Crippen molar-refractivity contribution in [3.05, 3.63) is 18.2 Å². The van der Waals surface area contributed by atoms with Gasteiger partial charge in [-0.25, -0.2) is 4.79 Å². The van der Waals surface area contributed by atoms with Crippen molar-refractivity contribution in [2.45, 2.75) is 26.2 Å². The number of unbranched alkanes of at least 4 members (excludes halogenated alkanes) is 2. The molecule has 1 fully saturated rings. The van der Waals surface area contributed by atoms with Crippen molar-refractivity contribution in [2.24, 2.45) is 0 Å². The van der Waals surface area contributed by atoms with E-state index in [4.69, 9.17) is 9.47 Å². The van der Waals surface area contributed by atoms with Crippen LogP contribution in [0.1, 0.15) is 26.2 Å². The van der Waals surface area contributed by atoms with Gasteiger partial charge in [0.2, 0.25) is 0 Å². The zero-order valence-electron chi connectivity index (χ0n) is 15.0. The van der Waals surface area contributed by atoms with E-state index in [1.54, 1.807) is 14.2 Å². The fraction of sp³-hybridized carbons (Fsp3) is 0.611. The Morgan fingerprint density at radius 2 is 1.88 bits per heavy atom. The molecule has 2 amide bonds. The average Bonchev–Trinajstić information content (AvgIpc) is 2.64. The maximum absolute atomic E-state index is 12.2. The van der Waals surface area contributed by atoms with Crippen LogP contribution in [0, 0.1) is 0 Å². The highest BCUT2D eigenvalue weighted by atomic mass is 16.5. The minimum absolute atomic E-state index is 0.0448. The summed E-state index contributed by atoms with van der Waals surface area (Å²) in [7, 11) is 3.33. The van der Waals surface area contributed by atoms with Gasteiger partial charge in [0.25, 0.3) is 0 Å². The lowest BCUT2D eigenvalue weighted by Gasteiger charge is -2.36. The third-order valence-corrected chi connectivity index (χ3v) is 4.35. The van der Waals surface area contributed by atoms with Gasteiger partial charge in [0, 0.05) is 38.8 Å². The highest BCUT2D eigenvalue weighted by Gasteiger charge is 2.23. The Kier molecular flexibility index (Phi) is 7.03. The fourth-order valence-corrected chi connectivity index (χ4v) is 2.88. The van der Waals surface area contributed by atoms with Gasteiger partial charge in [0.1, 0.15) is 11.5 Å². The van der Waals surface area contributed by atoms with Gasteiger partial charge in [-0.3, -0.25) is 0 Å². The molecular formula is C18H29N3O3. The number of methoxy groups -OCH3 is 2. The zero-order valence-corrected chi connectivity index (χ0v) is 15.0. The summed E-state index contributed by atoms with van der Waals surface area (Å²) in [5.41, 5.74) is 1.01. The summed E-state index contributed by atoms with van der Waals surface area (Å²) in [4.78, 5) is 16.3. The Balaban J connectivity index is 1.89. The molecular weight excluding hydrogens is 306 g/mol. The van der Waals surface area contributed by atoms with Gasteiger partial charge in [-0.1, -0.05) is 19.8 Å². The molecule has 0 spiro atoms. The monoisotopic (exact) mass is 335 g/mol. The van der Waals surface area contributed by atoms with E-state index < -0.39 is 0 Å². The Bertz CT molecular complexity index is 528. The first-order valence-electron chi connectivity index (χ1n) is 8.69. The molecule has 1 aliphatic rings. The highest BCUT2D eigenvalue weighted by molar-refractivity contribution is 5.74. The standard InChI is InChI=1S/C18H29N3O3/c1-4-5-6-9-19-18(22)21-12-10-20(11-13-21)16-14-15(23-2)7-8-17(16)24-3/h7-8,14H,4-6,9-13H2,1-3H3,(H,19,22). The molecule has 0 radical (unpaired) electrons. The van der Waals surface area contributed by atoms with Crippen LogP contribution in [0.15, 0.2) is 18.2 Å². The molecule has 24 heavy (non-hydrogen) atoms. The van der Waals surface area contributed by atoms with E-state index in [1.165, 1.54) is 0 Å². The summed E-state index contributed by atoms with van der Waals surface area (Å²) in [6.07, 6.45) is 3.36. The molecule has 0 saturated carbocycles. The van der Waals surface area contributed by atoms with E-state index >= 15 is 0 Å². The van der Waals surface area contributed by atoms with E-state index in [0.29, 0.717) is 13.1 Å². The number of rotatable bonds is 7. The van der Waals surface area contributed by atoms with Crippen molar-refractivity contribution in [3.63, 3.8) is 0 Å². The number of hydrogen-bond donors (Lipinski definition) is 1. The van der Waals surface area contributed by atoms with Crippen LogP contribution in [0.25, 0.3) is 0 Å². The van der Waals surface area contributed by atoms with E-state index in [1.807, 2.05) is 23.1 Å². The fourth-order valence-electron chi connectivity index (χ4n) is 2.88. The lowest BCUT2D eigenvalue weighted by molar-refractivity contribution is 0.194. The minimum atomic E-state index is 0.0448. The first kappa shape index (κ1) is 18.2. The van der Waals surface area contributed by atoms with Crippen molar-refractivity contribution < 1.29 is 14.3 Å². The van der Waals surface area contributed by atoms with Gasteiger partial charge >= 0.3 is 6.03 Å². The van der Waals surface area contributed by atoms with E-state index in [0.717, 1.165) is 56.1 Å². The third kappa shape index (κ3) is 4.69. The molecule has 1 heterocycles. The Hall–Kier alpha value is -2.11. The maximum Gasteiger partial charge on any atom is 0.317 e. The SMILES string of the molecule is CCCCCNC(=O)N1CCN(c2cc(OC)ccc2OC)CC1. The smallest absolute Gasteiger partial charge is 0.317 e. The number of hydrogen-bond acceptors (Lipinski definition) is 4. The molecule has 1 aromatic carbocycles. The van der Waals surface area contributed by atoms with Gasteiger partial charge in [0.05, 0.1) is 19.9 Å². The van der Waals surface area contributed by atoms with Crippen LogP contribution >= 0.6 is 0 Å². The Morgan fingerprint density at radius 1 is 1.12 bits per heavy atom. The normalized spacial score (nSPS) is 14.5. The number of carbonyl (C=O) groups excluding carboxylic acids is 1. The van der Waals surface area contributed by atoms with E-state index in [-0.39, 0.29) is 6.03 Å². The summed E-state index contributed by atoms with van der Waals surface area (Å²) < 4.78 is 10.8. The van der Waals surface area contributed by atoms with E-state index in [9.17, 15) is 4.79 Å². The number of nitrogens with one attached hydrogen (secondary N) is 1. The van der Waals surface area contributed by atoms with E-state index in [2.05, 4.69) is 17.1 Å². The quantitative estimate of drug-likeness (QED) is 0.779. The molecule has 1 aliphatic heterocycles. The predicted molar refractivity (Wildman–Crippen MR) is 96.3 cm³/mol. The molecule has 1 N–H and O–H groups in total. The van der Waals surface area contributed by atoms with Crippen molar-refractivity contribution in [2.75, 3.05) is 51.8 Å². The van der Waals surface area contributed by atoms with Gasteiger partial charge in [-0.2, -0.15) is 0 Å². The number of urea groups is 1. The van der Waals surface area contributed by atoms with Crippen LogP contribution in [0.2, 0.25) is 0 Å². The first-order chi connectivity index (χ1) is 11.7. The number of piperazine rings is 1. The summed E-state index contributed by atoms with van der Waals surface area (Å²) in [6, 6.07) is 5.84. The Labute approximate surface area is 144 Å². The second-order valence-corrected chi connectivity index (χ2v) is 5.95. The van der Waals surface area contributed by atoms with Crippen molar-refractivity contribution in [3.8, 4) is 11.5 Å². The summed E-state index contributed by atoms with van der Waals surface area (Å²) >= 11 is 0. The molecule has 1 saturated heterocycles. The largest absolute Gasteiger partial charge is 0.497 e. The molecule has 0 aromatic heterocycles. The van der Waals surface area contributed by atoms with Crippen molar-refractivity contribution >= 4 is 11.7 Å². The van der Waals surface area contributed by atoms with Gasteiger partial charge in [0.15, 0.2) is 0 Å². The van der Waals surface area contributed by atoms with Crippen LogP contribution in [-0.4, -0.2) is 57.9 Å². The lowest BCUT2D eigenvalue weighted by atomic mass is 10.2. The lowest BCUT2D eigenvalue weighted by Crippen LogP contribution is -2.52. The molecule has 0 aliphatic carbocycles. The van der Waals surface area contributed by atoms with Crippen molar-refractivity contribution in [1.29, 1.82) is 0 Å². The summed E-state index contributed by atoms with van der Waals surface area (Å²) in [5.74, 6) is 1.63. The second-order valence-electron chi connectivity index (χ2n) is 5.95. The predicted octanol–water partition coefficient (Wildman–Crippen LogP) is 2.73. The number of anilines is 1. The van der Waals surface area contributed by atoms with Gasteiger partial charge in [-0.15, -0.1) is 0 Å². The first-order valence-corrected chi connectivity index (χ1v) is 8.69. The summed E-state index contributed by atoms with van der Waals surface area (Å²) in [5, 5.41) is 3.01. The van der Waals surface area contributed by atoms with Crippen molar-refractivity contribution in [1.82, 2.24) is 10.2 Å². The molecule has 0 atom stereocenters. The van der Waals surface area contributed by atoms with Crippen LogP contribution in [0.4, 0.5) is 10.5 Å². The minimum Gasteiger partial charge on any atom is -0.497 e. The molecule has 6 nitrogen and oxygen atoms in total. The molecule has 2 rings (SSSR count). The zero-order chi connectivity index (χ0) is 17.4. The molecule has 0 unspecified atom stereocenters. The number of carbonyl (C=O) groups is 1. The van der Waals surface area contributed by atoms with Gasteiger partial charge in [-0.05, 0) is 18.6 Å². The molecule has 6 heteroatoms. The topological polar surface area (TPSA) is 54.0 Å². The molecule has 134 valence electrons. The molecule has 1 aromatic rings. The van der Waals surface area contributed by atoms with Crippen LogP contribution in [0.3, 0.4) is 0 Å². The van der Waals surface area contributed by atoms with Crippen LogP contribution in [0.5, 0.6) is 11.5 Å². The third-order valence-electron chi connectivity index (χ3n) is 4.35. The van der Waals surface area contributed by atoms with Crippen LogP contribution in [-0.2, 0) is 0 Å². The number of ether oxygens (including phenoxy) is 2. The number of amides is 2. The van der Waals surface area contributed by atoms with Gasteiger partial charge < -0.3 is 24.6 Å². The summed E-state index contributed by atoms with van der Waals surface area (Å²) in [6.45, 7) is 5.91. The average molecular weight is 335 g/mol. The number of benzene rings is 1.